The van der Waals surface area contributed by atoms with Gasteiger partial charge in [0, 0.05) is 18.5 Å². The summed E-state index contributed by atoms with van der Waals surface area (Å²) in [5.74, 6) is 0.802. The standard InChI is InChI=1S/C26H39NO3/c1-4-11-24(19-16-21(3)12-9-10-15-26(28)29-5-2)30-20-23-18-17-22-13-7-6-8-14-25(22)27-23/h4,6-7,11,13,16,19,23,25,27H,5,8-10,12,14-15,17-18,20H2,1-3H3/b11-4-,21-16+,24-19+. The first-order chi connectivity index (χ1) is 14.6. The normalized spacial score (nSPS) is 22.4. The number of piperidine rings is 1. The fourth-order valence-electron chi connectivity index (χ4n) is 3.87. The molecule has 166 valence electrons. The van der Waals surface area contributed by atoms with Crippen molar-refractivity contribution in [3.05, 3.63) is 59.4 Å². The third-order valence-corrected chi connectivity index (χ3v) is 5.56. The molecule has 1 saturated heterocycles. The maximum absolute atomic E-state index is 11.4. The van der Waals surface area contributed by atoms with E-state index in [1.165, 1.54) is 17.6 Å². The number of nitrogens with one attached hydrogen (secondary N) is 1. The van der Waals surface area contributed by atoms with Crippen LogP contribution in [0.4, 0.5) is 0 Å². The van der Waals surface area contributed by atoms with Gasteiger partial charge in [-0.2, -0.15) is 0 Å². The number of ether oxygens (including phenoxy) is 2. The number of carbonyl (C=O) groups is 1. The van der Waals surface area contributed by atoms with Gasteiger partial charge in [-0.25, -0.2) is 0 Å². The minimum atomic E-state index is -0.0955. The van der Waals surface area contributed by atoms with Gasteiger partial charge < -0.3 is 14.8 Å². The van der Waals surface area contributed by atoms with E-state index in [9.17, 15) is 4.79 Å². The molecule has 2 unspecified atom stereocenters. The second-order valence-corrected chi connectivity index (χ2v) is 8.11. The number of hydrogen-bond acceptors (Lipinski definition) is 4. The molecule has 0 aromatic carbocycles. The zero-order valence-corrected chi connectivity index (χ0v) is 19.0. The molecule has 2 rings (SSSR count). The van der Waals surface area contributed by atoms with E-state index in [-0.39, 0.29) is 5.97 Å². The van der Waals surface area contributed by atoms with Crippen LogP contribution in [0.2, 0.25) is 0 Å². The lowest BCUT2D eigenvalue weighted by Crippen LogP contribution is -2.45. The number of carbonyl (C=O) groups excluding carboxylic acids is 1. The number of unbranched alkanes of at least 4 members (excludes halogenated alkanes) is 1. The number of rotatable bonds is 11. The summed E-state index contributed by atoms with van der Waals surface area (Å²) in [6.45, 7) is 7.14. The first-order valence-electron chi connectivity index (χ1n) is 11.5. The van der Waals surface area contributed by atoms with Crippen LogP contribution in [-0.2, 0) is 14.3 Å². The molecule has 0 bridgehead atoms. The lowest BCUT2D eigenvalue weighted by atomic mass is 9.91. The van der Waals surface area contributed by atoms with Gasteiger partial charge in [-0.1, -0.05) is 41.5 Å². The number of hydrogen-bond donors (Lipinski definition) is 1. The van der Waals surface area contributed by atoms with Crippen molar-refractivity contribution in [3.8, 4) is 0 Å². The summed E-state index contributed by atoms with van der Waals surface area (Å²) in [5.41, 5.74) is 2.83. The van der Waals surface area contributed by atoms with Crippen LogP contribution in [-0.4, -0.2) is 31.3 Å². The molecule has 1 aliphatic heterocycles. The Morgan fingerprint density at radius 3 is 2.83 bits per heavy atom. The molecule has 2 atom stereocenters. The van der Waals surface area contributed by atoms with Crippen LogP contribution in [0.15, 0.2) is 59.4 Å². The van der Waals surface area contributed by atoms with Gasteiger partial charge in [0.1, 0.15) is 12.4 Å². The first kappa shape index (κ1) is 24.2. The minimum absolute atomic E-state index is 0.0955. The van der Waals surface area contributed by atoms with Crippen LogP contribution in [0.1, 0.15) is 72.1 Å². The Kier molecular flexibility index (Phi) is 11.3. The second kappa shape index (κ2) is 14.0. The SMILES string of the molecule is C\C=C/C(=C\C=C(/C)CCCCC(=O)OCC)OCC1CCC2=CC=CCCC2N1. The van der Waals surface area contributed by atoms with E-state index in [2.05, 4.69) is 42.6 Å². The molecular formula is C26H39NO3. The van der Waals surface area contributed by atoms with Crippen molar-refractivity contribution in [1.82, 2.24) is 5.32 Å². The van der Waals surface area contributed by atoms with Gasteiger partial charge >= 0.3 is 5.97 Å². The predicted molar refractivity (Wildman–Crippen MR) is 124 cm³/mol. The van der Waals surface area contributed by atoms with E-state index in [1.54, 1.807) is 0 Å². The van der Waals surface area contributed by atoms with Crippen molar-refractivity contribution in [1.29, 1.82) is 0 Å². The summed E-state index contributed by atoms with van der Waals surface area (Å²) in [7, 11) is 0. The van der Waals surface area contributed by atoms with Gasteiger partial charge in [-0.15, -0.1) is 0 Å². The molecule has 1 aliphatic carbocycles. The van der Waals surface area contributed by atoms with E-state index in [4.69, 9.17) is 9.47 Å². The minimum Gasteiger partial charge on any atom is -0.492 e. The molecule has 0 radical (unpaired) electrons. The highest BCUT2D eigenvalue weighted by Gasteiger charge is 2.25. The Hall–Kier alpha value is -2.07. The lowest BCUT2D eigenvalue weighted by molar-refractivity contribution is -0.143. The number of esters is 1. The van der Waals surface area contributed by atoms with Crippen LogP contribution in [0.5, 0.6) is 0 Å². The fourth-order valence-corrected chi connectivity index (χ4v) is 3.87. The van der Waals surface area contributed by atoms with Gasteiger partial charge in [-0.05, 0) is 77.9 Å². The molecule has 0 spiro atoms. The van der Waals surface area contributed by atoms with Crippen molar-refractivity contribution < 1.29 is 14.3 Å². The van der Waals surface area contributed by atoms with Crippen molar-refractivity contribution in [2.24, 2.45) is 0 Å². The van der Waals surface area contributed by atoms with Gasteiger partial charge in [-0.3, -0.25) is 4.79 Å². The van der Waals surface area contributed by atoms with Crippen LogP contribution >= 0.6 is 0 Å². The average molecular weight is 414 g/mol. The van der Waals surface area contributed by atoms with Crippen LogP contribution in [0.3, 0.4) is 0 Å². The monoisotopic (exact) mass is 413 g/mol. The third-order valence-electron chi connectivity index (χ3n) is 5.56. The Morgan fingerprint density at radius 1 is 1.20 bits per heavy atom. The number of fused-ring (bicyclic) bond motifs is 1. The van der Waals surface area contributed by atoms with Crippen LogP contribution < -0.4 is 5.32 Å². The third kappa shape index (κ3) is 9.17. The molecule has 2 aliphatic rings. The summed E-state index contributed by atoms with van der Waals surface area (Å²) in [6, 6.07) is 0.889. The Labute approximate surface area is 182 Å². The van der Waals surface area contributed by atoms with Crippen molar-refractivity contribution in [2.45, 2.75) is 84.2 Å². The Bertz CT molecular complexity index is 684. The highest BCUT2D eigenvalue weighted by molar-refractivity contribution is 5.69. The maximum atomic E-state index is 11.4. The molecule has 1 fully saturated rings. The zero-order valence-electron chi connectivity index (χ0n) is 19.0. The van der Waals surface area contributed by atoms with Crippen molar-refractivity contribution in [3.63, 3.8) is 0 Å². The predicted octanol–water partition coefficient (Wildman–Crippen LogP) is 5.93. The van der Waals surface area contributed by atoms with Gasteiger partial charge in [0.15, 0.2) is 0 Å². The fraction of sp³-hybridized carbons (Fsp3) is 0.577. The van der Waals surface area contributed by atoms with Crippen LogP contribution in [0, 0.1) is 0 Å². The average Bonchev–Trinajstić information content (AvgIpc) is 2.98. The summed E-state index contributed by atoms with van der Waals surface area (Å²) in [6.07, 6.45) is 22.9. The van der Waals surface area contributed by atoms with Crippen LogP contribution in [0.25, 0.3) is 0 Å². The number of allylic oxidation sites excluding steroid dienone is 8. The quantitative estimate of drug-likeness (QED) is 0.197. The largest absolute Gasteiger partial charge is 0.492 e. The molecule has 4 nitrogen and oxygen atoms in total. The molecular weight excluding hydrogens is 374 g/mol. The summed E-state index contributed by atoms with van der Waals surface area (Å²) < 4.78 is 11.1. The van der Waals surface area contributed by atoms with Crippen molar-refractivity contribution in [2.75, 3.05) is 13.2 Å². The maximum Gasteiger partial charge on any atom is 0.305 e. The lowest BCUT2D eigenvalue weighted by Gasteiger charge is -2.33. The van der Waals surface area contributed by atoms with Gasteiger partial charge in [0.25, 0.3) is 0 Å². The van der Waals surface area contributed by atoms with E-state index < -0.39 is 0 Å². The van der Waals surface area contributed by atoms with Gasteiger partial charge in [0.2, 0.25) is 0 Å². The van der Waals surface area contributed by atoms with Crippen molar-refractivity contribution >= 4 is 5.97 Å². The summed E-state index contributed by atoms with van der Waals surface area (Å²) in [4.78, 5) is 11.4. The molecule has 0 aromatic heterocycles. The summed E-state index contributed by atoms with van der Waals surface area (Å²) >= 11 is 0. The highest BCUT2D eigenvalue weighted by atomic mass is 16.5. The molecule has 4 heteroatoms. The van der Waals surface area contributed by atoms with E-state index in [1.807, 2.05) is 26.0 Å². The molecule has 0 saturated carbocycles. The molecule has 0 amide bonds. The van der Waals surface area contributed by atoms with Gasteiger partial charge in [0.05, 0.1) is 6.61 Å². The Morgan fingerprint density at radius 2 is 2.03 bits per heavy atom. The molecule has 1 N–H and O–H groups in total. The smallest absolute Gasteiger partial charge is 0.305 e. The molecule has 30 heavy (non-hydrogen) atoms. The Balaban J connectivity index is 1.77. The van der Waals surface area contributed by atoms with E-state index in [0.717, 1.165) is 44.3 Å². The molecule has 1 heterocycles. The highest BCUT2D eigenvalue weighted by Crippen LogP contribution is 2.25. The van der Waals surface area contributed by atoms with E-state index >= 15 is 0 Å². The first-order valence-corrected chi connectivity index (χ1v) is 11.5. The summed E-state index contributed by atoms with van der Waals surface area (Å²) in [5, 5.41) is 3.77. The second-order valence-electron chi connectivity index (χ2n) is 8.11. The molecule has 0 aromatic rings. The van der Waals surface area contributed by atoms with E-state index in [0.29, 0.717) is 31.7 Å². The topological polar surface area (TPSA) is 47.6 Å². The zero-order chi connectivity index (χ0) is 21.6.